The third kappa shape index (κ3) is 1.44. The summed E-state index contributed by atoms with van der Waals surface area (Å²) < 4.78 is 0. The Morgan fingerprint density at radius 2 is 1.50 bits per heavy atom. The zero-order valence-corrected chi connectivity index (χ0v) is 8.67. The Hall–Kier alpha value is -2.22. The first-order valence-electron chi connectivity index (χ1n) is 5.18. The number of rotatable bonds is 1. The van der Waals surface area contributed by atoms with Crippen LogP contribution in [0, 0.1) is 0 Å². The van der Waals surface area contributed by atoms with Gasteiger partial charge in [-0.3, -0.25) is 0 Å². The molecule has 2 aromatic carbocycles. The second-order valence-corrected chi connectivity index (χ2v) is 3.65. The Kier molecular flexibility index (Phi) is 2.11. The van der Waals surface area contributed by atoms with Gasteiger partial charge in [-0.25, -0.2) is 9.97 Å². The Balaban J connectivity index is 2.32. The predicted molar refractivity (Wildman–Crippen MR) is 65.0 cm³/mol. The summed E-state index contributed by atoms with van der Waals surface area (Å²) in [5.74, 6) is 0. The lowest BCUT2D eigenvalue weighted by molar-refractivity contribution is 1.17. The molecule has 0 spiro atoms. The lowest BCUT2D eigenvalue weighted by Crippen LogP contribution is -1.83. The lowest BCUT2D eigenvalue weighted by Gasteiger charge is -2.05. The molecule has 1 aromatic heterocycles. The number of benzene rings is 2. The van der Waals surface area contributed by atoms with E-state index in [1.165, 1.54) is 16.3 Å². The number of nitrogens with zero attached hydrogens (tertiary/aromatic N) is 2. The molecule has 0 N–H and O–H groups in total. The van der Waals surface area contributed by atoms with E-state index < -0.39 is 0 Å². The molecule has 2 nitrogen and oxygen atoms in total. The normalized spacial score (nSPS) is 10.5. The third-order valence-electron chi connectivity index (χ3n) is 2.66. The maximum absolute atomic E-state index is 4.06. The van der Waals surface area contributed by atoms with E-state index in [1.54, 1.807) is 6.33 Å². The second-order valence-electron chi connectivity index (χ2n) is 3.65. The summed E-state index contributed by atoms with van der Waals surface area (Å²) in [6.45, 7) is 0. The zero-order valence-electron chi connectivity index (χ0n) is 8.67. The molecule has 3 aromatic rings. The molecule has 0 atom stereocenters. The minimum atomic E-state index is 1.05. The van der Waals surface area contributed by atoms with Gasteiger partial charge in [-0.05, 0) is 16.3 Å². The summed E-state index contributed by atoms with van der Waals surface area (Å²) in [7, 11) is 0. The highest BCUT2D eigenvalue weighted by atomic mass is 14.8. The van der Waals surface area contributed by atoms with Gasteiger partial charge in [-0.15, -0.1) is 0 Å². The molecule has 0 aliphatic rings. The molecule has 0 radical (unpaired) electrons. The van der Waals surface area contributed by atoms with Gasteiger partial charge in [-0.1, -0.05) is 42.5 Å². The fourth-order valence-corrected chi connectivity index (χ4v) is 1.92. The molecule has 0 saturated carbocycles. The standard InChI is InChI=1S/C14H10N2/c1-2-6-13-11(4-1)5-3-7-14(13)12-8-15-10-16-9-12/h1-10H. The molecule has 2 heteroatoms. The van der Waals surface area contributed by atoms with E-state index in [2.05, 4.69) is 46.4 Å². The van der Waals surface area contributed by atoms with Crippen molar-refractivity contribution < 1.29 is 0 Å². The topological polar surface area (TPSA) is 25.8 Å². The van der Waals surface area contributed by atoms with Gasteiger partial charge in [0.15, 0.2) is 0 Å². The largest absolute Gasteiger partial charge is 0.244 e. The Bertz CT molecular complexity index is 612. The molecule has 0 fully saturated rings. The first kappa shape index (κ1) is 9.04. The van der Waals surface area contributed by atoms with Crippen molar-refractivity contribution in [3.05, 3.63) is 61.2 Å². The molecular formula is C14H10N2. The van der Waals surface area contributed by atoms with Crippen molar-refractivity contribution in [2.75, 3.05) is 0 Å². The quantitative estimate of drug-likeness (QED) is 0.610. The van der Waals surface area contributed by atoms with Crippen LogP contribution in [-0.4, -0.2) is 9.97 Å². The third-order valence-corrected chi connectivity index (χ3v) is 2.66. The van der Waals surface area contributed by atoms with Crippen molar-refractivity contribution in [2.45, 2.75) is 0 Å². The lowest BCUT2D eigenvalue weighted by atomic mass is 10.0. The number of aromatic nitrogens is 2. The minimum absolute atomic E-state index is 1.05. The Morgan fingerprint density at radius 3 is 2.38 bits per heavy atom. The average molecular weight is 206 g/mol. The molecular weight excluding hydrogens is 196 g/mol. The summed E-state index contributed by atoms with van der Waals surface area (Å²) in [6.07, 6.45) is 5.23. The molecule has 0 saturated heterocycles. The number of fused-ring (bicyclic) bond motifs is 1. The van der Waals surface area contributed by atoms with Crippen LogP contribution in [0.5, 0.6) is 0 Å². The van der Waals surface area contributed by atoms with Crippen molar-refractivity contribution >= 4 is 10.8 Å². The van der Waals surface area contributed by atoms with Crippen molar-refractivity contribution in [3.8, 4) is 11.1 Å². The van der Waals surface area contributed by atoms with E-state index in [-0.39, 0.29) is 0 Å². The molecule has 3 rings (SSSR count). The summed E-state index contributed by atoms with van der Waals surface area (Å²) in [5.41, 5.74) is 2.23. The number of hydrogen-bond donors (Lipinski definition) is 0. The molecule has 0 unspecified atom stereocenters. The fourth-order valence-electron chi connectivity index (χ4n) is 1.92. The highest BCUT2D eigenvalue weighted by molar-refractivity contribution is 5.96. The SMILES string of the molecule is c1ccc2c(-c3cncnc3)cccc2c1. The maximum atomic E-state index is 4.06. The first-order chi connectivity index (χ1) is 7.95. The van der Waals surface area contributed by atoms with E-state index >= 15 is 0 Å². The van der Waals surface area contributed by atoms with Crippen LogP contribution >= 0.6 is 0 Å². The van der Waals surface area contributed by atoms with E-state index in [0.29, 0.717) is 0 Å². The maximum Gasteiger partial charge on any atom is 0.115 e. The predicted octanol–water partition coefficient (Wildman–Crippen LogP) is 3.30. The van der Waals surface area contributed by atoms with E-state index in [4.69, 9.17) is 0 Å². The monoisotopic (exact) mass is 206 g/mol. The van der Waals surface area contributed by atoms with Crippen LogP contribution in [0.1, 0.15) is 0 Å². The zero-order chi connectivity index (χ0) is 10.8. The van der Waals surface area contributed by atoms with Crippen LogP contribution in [0.25, 0.3) is 21.9 Å². The smallest absolute Gasteiger partial charge is 0.115 e. The van der Waals surface area contributed by atoms with Gasteiger partial charge in [-0.2, -0.15) is 0 Å². The van der Waals surface area contributed by atoms with Crippen LogP contribution < -0.4 is 0 Å². The van der Waals surface area contributed by atoms with Gasteiger partial charge in [0.25, 0.3) is 0 Å². The molecule has 0 aliphatic carbocycles. The fraction of sp³-hybridized carbons (Fsp3) is 0. The summed E-state index contributed by atoms with van der Waals surface area (Å²) in [6, 6.07) is 14.6. The molecule has 0 amide bonds. The van der Waals surface area contributed by atoms with Gasteiger partial charge in [0.05, 0.1) is 0 Å². The molecule has 1 heterocycles. The molecule has 0 bridgehead atoms. The van der Waals surface area contributed by atoms with Gasteiger partial charge in [0, 0.05) is 18.0 Å². The number of hydrogen-bond acceptors (Lipinski definition) is 2. The van der Waals surface area contributed by atoms with Gasteiger partial charge < -0.3 is 0 Å². The van der Waals surface area contributed by atoms with Crippen molar-refractivity contribution in [1.29, 1.82) is 0 Å². The van der Waals surface area contributed by atoms with Crippen LogP contribution in [0.3, 0.4) is 0 Å². The first-order valence-corrected chi connectivity index (χ1v) is 5.18. The van der Waals surface area contributed by atoms with Crippen LogP contribution in [0.2, 0.25) is 0 Å². The van der Waals surface area contributed by atoms with E-state index in [9.17, 15) is 0 Å². The van der Waals surface area contributed by atoms with E-state index in [0.717, 1.165) is 5.56 Å². The average Bonchev–Trinajstić information content (AvgIpc) is 2.39. The Morgan fingerprint density at radius 1 is 0.750 bits per heavy atom. The van der Waals surface area contributed by atoms with Gasteiger partial charge in [0.2, 0.25) is 0 Å². The van der Waals surface area contributed by atoms with E-state index in [1.807, 2.05) is 18.5 Å². The molecule has 16 heavy (non-hydrogen) atoms. The summed E-state index contributed by atoms with van der Waals surface area (Å²) in [4.78, 5) is 8.11. The second kappa shape index (κ2) is 3.74. The van der Waals surface area contributed by atoms with Crippen molar-refractivity contribution in [1.82, 2.24) is 9.97 Å². The highest BCUT2D eigenvalue weighted by Crippen LogP contribution is 2.27. The van der Waals surface area contributed by atoms with Crippen molar-refractivity contribution in [2.24, 2.45) is 0 Å². The summed E-state index contributed by atoms with van der Waals surface area (Å²) in [5, 5.41) is 2.48. The minimum Gasteiger partial charge on any atom is -0.244 e. The highest BCUT2D eigenvalue weighted by Gasteiger charge is 2.02. The van der Waals surface area contributed by atoms with Gasteiger partial charge in [0.1, 0.15) is 6.33 Å². The van der Waals surface area contributed by atoms with Crippen molar-refractivity contribution in [3.63, 3.8) is 0 Å². The molecule has 0 aliphatic heterocycles. The van der Waals surface area contributed by atoms with Crippen LogP contribution in [0.4, 0.5) is 0 Å². The van der Waals surface area contributed by atoms with Gasteiger partial charge >= 0.3 is 0 Å². The van der Waals surface area contributed by atoms with Crippen LogP contribution in [-0.2, 0) is 0 Å². The Labute approximate surface area is 93.6 Å². The van der Waals surface area contributed by atoms with Crippen LogP contribution in [0.15, 0.2) is 61.2 Å². The summed E-state index contributed by atoms with van der Waals surface area (Å²) >= 11 is 0. The molecule has 76 valence electrons.